The molecule has 0 aliphatic carbocycles. The van der Waals surface area contributed by atoms with Gasteiger partial charge in [-0.05, 0) is 19.1 Å². The predicted molar refractivity (Wildman–Crippen MR) is 66.9 cm³/mol. The van der Waals surface area contributed by atoms with E-state index in [1.807, 2.05) is 0 Å². The molecule has 0 bridgehead atoms. The minimum Gasteiger partial charge on any atom is -0.496 e. The van der Waals surface area contributed by atoms with Crippen molar-refractivity contribution in [3.05, 3.63) is 23.8 Å². The predicted octanol–water partition coefficient (Wildman–Crippen LogP) is 1.53. The third-order valence-electron chi connectivity index (χ3n) is 2.82. The van der Waals surface area contributed by atoms with Crippen LogP contribution in [0.4, 0.5) is 0 Å². The number of benzene rings is 1. The van der Waals surface area contributed by atoms with Gasteiger partial charge in [0.05, 0.1) is 19.8 Å². The Labute approximate surface area is 107 Å². The van der Waals surface area contributed by atoms with Gasteiger partial charge in [0.2, 0.25) is 0 Å². The molecule has 0 aliphatic rings. The molecule has 0 aromatic heterocycles. The summed E-state index contributed by atoms with van der Waals surface area (Å²) in [4.78, 5) is 0. The Balaban J connectivity index is 3.36. The number of rotatable bonds is 6. The van der Waals surface area contributed by atoms with Crippen LogP contribution in [0.2, 0.25) is 0 Å². The molecule has 102 valence electrons. The fourth-order valence-corrected chi connectivity index (χ4v) is 2.02. The summed E-state index contributed by atoms with van der Waals surface area (Å²) < 4.78 is 20.8. The van der Waals surface area contributed by atoms with E-state index in [9.17, 15) is 5.11 Å². The zero-order chi connectivity index (χ0) is 13.8. The molecule has 1 atom stereocenters. The van der Waals surface area contributed by atoms with Gasteiger partial charge in [0, 0.05) is 14.2 Å². The summed E-state index contributed by atoms with van der Waals surface area (Å²) in [7, 11) is 5.99. The molecule has 1 aromatic carbocycles. The molecule has 5 nitrogen and oxygen atoms in total. The SMILES string of the molecule is COc1cccc(OC)c1[C@](C)(O)C(OC)OC. The molecular formula is C13H20O5. The van der Waals surface area contributed by atoms with E-state index in [1.165, 1.54) is 28.4 Å². The fourth-order valence-electron chi connectivity index (χ4n) is 2.02. The van der Waals surface area contributed by atoms with E-state index in [-0.39, 0.29) is 0 Å². The Hall–Kier alpha value is -1.30. The number of methoxy groups -OCH3 is 4. The van der Waals surface area contributed by atoms with Crippen molar-refractivity contribution in [2.24, 2.45) is 0 Å². The molecule has 18 heavy (non-hydrogen) atoms. The number of aliphatic hydroxyl groups is 1. The Morgan fingerprint density at radius 2 is 1.44 bits per heavy atom. The van der Waals surface area contributed by atoms with Crippen molar-refractivity contribution in [3.63, 3.8) is 0 Å². The van der Waals surface area contributed by atoms with Crippen LogP contribution in [0, 0.1) is 0 Å². The fraction of sp³-hybridized carbons (Fsp3) is 0.538. The topological polar surface area (TPSA) is 57.2 Å². The highest BCUT2D eigenvalue weighted by Gasteiger charge is 2.39. The lowest BCUT2D eigenvalue weighted by molar-refractivity contribution is -0.213. The number of hydrogen-bond donors (Lipinski definition) is 1. The van der Waals surface area contributed by atoms with Crippen molar-refractivity contribution in [2.75, 3.05) is 28.4 Å². The van der Waals surface area contributed by atoms with E-state index in [2.05, 4.69) is 0 Å². The quantitative estimate of drug-likeness (QED) is 0.782. The van der Waals surface area contributed by atoms with Crippen molar-refractivity contribution >= 4 is 0 Å². The highest BCUT2D eigenvalue weighted by molar-refractivity contribution is 5.48. The Morgan fingerprint density at radius 3 is 1.78 bits per heavy atom. The summed E-state index contributed by atoms with van der Waals surface area (Å²) in [6.45, 7) is 1.59. The van der Waals surface area contributed by atoms with Crippen LogP contribution in [0.25, 0.3) is 0 Å². The maximum absolute atomic E-state index is 10.7. The molecule has 0 saturated carbocycles. The molecule has 1 rings (SSSR count). The Kier molecular flexibility index (Phi) is 4.95. The normalized spacial score (nSPS) is 14.4. The summed E-state index contributed by atoms with van der Waals surface area (Å²) in [5, 5.41) is 10.7. The van der Waals surface area contributed by atoms with Gasteiger partial charge in [0.15, 0.2) is 6.29 Å². The molecule has 0 aliphatic heterocycles. The van der Waals surface area contributed by atoms with Gasteiger partial charge in [-0.25, -0.2) is 0 Å². The van der Waals surface area contributed by atoms with Crippen molar-refractivity contribution < 1.29 is 24.1 Å². The van der Waals surface area contributed by atoms with Gasteiger partial charge in [0.25, 0.3) is 0 Å². The van der Waals surface area contributed by atoms with Crippen LogP contribution in [-0.4, -0.2) is 39.8 Å². The second-order valence-corrected chi connectivity index (χ2v) is 3.99. The van der Waals surface area contributed by atoms with E-state index < -0.39 is 11.9 Å². The third-order valence-corrected chi connectivity index (χ3v) is 2.82. The van der Waals surface area contributed by atoms with E-state index in [0.29, 0.717) is 17.1 Å². The van der Waals surface area contributed by atoms with Crippen LogP contribution >= 0.6 is 0 Å². The second kappa shape index (κ2) is 6.04. The maximum atomic E-state index is 10.7. The first-order chi connectivity index (χ1) is 8.52. The van der Waals surface area contributed by atoms with Crippen LogP contribution in [0.3, 0.4) is 0 Å². The van der Waals surface area contributed by atoms with E-state index in [4.69, 9.17) is 18.9 Å². The zero-order valence-electron chi connectivity index (χ0n) is 11.4. The summed E-state index contributed by atoms with van der Waals surface area (Å²) in [5.74, 6) is 1.02. The average molecular weight is 256 g/mol. The molecule has 0 unspecified atom stereocenters. The van der Waals surface area contributed by atoms with Crippen molar-refractivity contribution in [1.29, 1.82) is 0 Å². The Bertz CT molecular complexity index is 363. The van der Waals surface area contributed by atoms with E-state index >= 15 is 0 Å². The lowest BCUT2D eigenvalue weighted by Crippen LogP contribution is -2.39. The average Bonchev–Trinajstić information content (AvgIpc) is 2.38. The van der Waals surface area contributed by atoms with Crippen LogP contribution in [0.1, 0.15) is 12.5 Å². The van der Waals surface area contributed by atoms with Gasteiger partial charge < -0.3 is 24.1 Å². The van der Waals surface area contributed by atoms with Gasteiger partial charge in [-0.3, -0.25) is 0 Å². The second-order valence-electron chi connectivity index (χ2n) is 3.99. The molecule has 0 spiro atoms. The van der Waals surface area contributed by atoms with Gasteiger partial charge in [-0.2, -0.15) is 0 Å². The van der Waals surface area contributed by atoms with Gasteiger partial charge in [-0.1, -0.05) is 6.07 Å². The first kappa shape index (κ1) is 14.8. The molecular weight excluding hydrogens is 236 g/mol. The highest BCUT2D eigenvalue weighted by atomic mass is 16.7. The van der Waals surface area contributed by atoms with Crippen LogP contribution in [0.5, 0.6) is 11.5 Å². The molecule has 0 fully saturated rings. The summed E-state index contributed by atoms with van der Waals surface area (Å²) in [6, 6.07) is 5.27. The van der Waals surface area contributed by atoms with Gasteiger partial charge in [0.1, 0.15) is 17.1 Å². The van der Waals surface area contributed by atoms with Crippen LogP contribution in [-0.2, 0) is 15.1 Å². The van der Waals surface area contributed by atoms with Crippen molar-refractivity contribution in [2.45, 2.75) is 18.8 Å². The van der Waals surface area contributed by atoms with E-state index in [1.54, 1.807) is 25.1 Å². The first-order valence-electron chi connectivity index (χ1n) is 5.52. The van der Waals surface area contributed by atoms with E-state index in [0.717, 1.165) is 0 Å². The summed E-state index contributed by atoms with van der Waals surface area (Å²) in [5.41, 5.74) is -0.912. The minimum atomic E-state index is -1.40. The molecule has 0 amide bonds. The lowest BCUT2D eigenvalue weighted by atomic mass is 9.93. The number of hydrogen-bond acceptors (Lipinski definition) is 5. The minimum absolute atomic E-state index is 0.490. The van der Waals surface area contributed by atoms with Gasteiger partial charge in [-0.15, -0.1) is 0 Å². The van der Waals surface area contributed by atoms with Crippen molar-refractivity contribution in [1.82, 2.24) is 0 Å². The molecule has 0 heterocycles. The largest absolute Gasteiger partial charge is 0.496 e. The lowest BCUT2D eigenvalue weighted by Gasteiger charge is -2.32. The zero-order valence-corrected chi connectivity index (χ0v) is 11.4. The first-order valence-corrected chi connectivity index (χ1v) is 5.52. The summed E-state index contributed by atoms with van der Waals surface area (Å²) >= 11 is 0. The monoisotopic (exact) mass is 256 g/mol. The van der Waals surface area contributed by atoms with Crippen LogP contribution in [0.15, 0.2) is 18.2 Å². The standard InChI is InChI=1S/C13H20O5/c1-13(14,12(17-4)18-5)11-9(15-2)7-6-8-10(11)16-3/h6-8,12,14H,1-5H3/t13-/m0/s1. The van der Waals surface area contributed by atoms with Gasteiger partial charge >= 0.3 is 0 Å². The third kappa shape index (κ3) is 2.58. The molecule has 0 saturated heterocycles. The Morgan fingerprint density at radius 1 is 1.00 bits per heavy atom. The molecule has 1 N–H and O–H groups in total. The highest BCUT2D eigenvalue weighted by Crippen LogP contribution is 2.40. The molecule has 1 aromatic rings. The maximum Gasteiger partial charge on any atom is 0.189 e. The van der Waals surface area contributed by atoms with Crippen molar-refractivity contribution in [3.8, 4) is 11.5 Å². The van der Waals surface area contributed by atoms with Crippen LogP contribution < -0.4 is 9.47 Å². The number of ether oxygens (including phenoxy) is 4. The molecule has 0 radical (unpaired) electrons. The summed E-state index contributed by atoms with van der Waals surface area (Å²) in [6.07, 6.45) is -0.831. The smallest absolute Gasteiger partial charge is 0.189 e. The molecule has 5 heteroatoms.